The Morgan fingerprint density at radius 2 is 2.10 bits per heavy atom. The number of para-hydroxylation sites is 1. The van der Waals surface area contributed by atoms with Gasteiger partial charge in [-0.1, -0.05) is 25.5 Å². The molecule has 0 saturated carbocycles. The van der Waals surface area contributed by atoms with Crippen LogP contribution in [-0.2, 0) is 4.79 Å². The molecular weight excluding hydrogens is 270 g/mol. The summed E-state index contributed by atoms with van der Waals surface area (Å²) in [7, 11) is 0. The number of nitrogens with zero attached hydrogens (tertiary/aromatic N) is 1. The minimum absolute atomic E-state index is 0.0655. The van der Waals surface area contributed by atoms with Crippen molar-refractivity contribution in [3.63, 3.8) is 0 Å². The van der Waals surface area contributed by atoms with Gasteiger partial charge in [0, 0.05) is 6.54 Å². The molecule has 2 rings (SSSR count). The predicted octanol–water partition coefficient (Wildman–Crippen LogP) is 2.42. The summed E-state index contributed by atoms with van der Waals surface area (Å²) in [5, 5.41) is 19.4. The van der Waals surface area contributed by atoms with Gasteiger partial charge in [-0.3, -0.25) is 4.79 Å². The van der Waals surface area contributed by atoms with Gasteiger partial charge in [0.1, 0.15) is 11.8 Å². The van der Waals surface area contributed by atoms with Crippen LogP contribution in [-0.4, -0.2) is 39.6 Å². The maximum absolute atomic E-state index is 12.6. The largest absolute Gasteiger partial charge is 0.507 e. The highest BCUT2D eigenvalue weighted by molar-refractivity contribution is 5.99. The second-order valence-electron chi connectivity index (χ2n) is 5.62. The minimum atomic E-state index is -0.978. The fraction of sp³-hybridized carbons (Fsp3) is 0.500. The highest BCUT2D eigenvalue weighted by atomic mass is 16.4. The standard InChI is InChI=1S/C16H21NO4/c1-3-11-7-8-17(13(9-11)16(20)21)15(19)12-6-4-5-10(2)14(12)18/h4-6,11,13,18H,3,7-9H2,1-2H3,(H,20,21). The van der Waals surface area contributed by atoms with Crippen LogP contribution >= 0.6 is 0 Å². The van der Waals surface area contributed by atoms with Gasteiger partial charge in [0.05, 0.1) is 5.56 Å². The summed E-state index contributed by atoms with van der Waals surface area (Å²) < 4.78 is 0. The number of phenolic OH excluding ortho intramolecular Hbond substituents is 1. The first-order chi connectivity index (χ1) is 9.95. The Kier molecular flexibility index (Phi) is 4.50. The van der Waals surface area contributed by atoms with Crippen LogP contribution in [0.2, 0.25) is 0 Å². The molecule has 5 heteroatoms. The van der Waals surface area contributed by atoms with Gasteiger partial charge in [0.25, 0.3) is 5.91 Å². The minimum Gasteiger partial charge on any atom is -0.507 e. The number of carbonyl (C=O) groups is 2. The maximum atomic E-state index is 12.6. The number of aliphatic carboxylic acids is 1. The summed E-state index contributed by atoms with van der Waals surface area (Å²) in [6.45, 7) is 4.17. The number of benzene rings is 1. The van der Waals surface area contributed by atoms with Crippen LogP contribution in [0.25, 0.3) is 0 Å². The average Bonchev–Trinajstić information content (AvgIpc) is 2.48. The monoisotopic (exact) mass is 291 g/mol. The number of aryl methyl sites for hydroxylation is 1. The van der Waals surface area contributed by atoms with Gasteiger partial charge < -0.3 is 15.1 Å². The maximum Gasteiger partial charge on any atom is 0.326 e. The lowest BCUT2D eigenvalue weighted by atomic mass is 9.88. The Morgan fingerprint density at radius 1 is 1.38 bits per heavy atom. The van der Waals surface area contributed by atoms with Crippen LogP contribution in [0.5, 0.6) is 5.75 Å². The quantitative estimate of drug-likeness (QED) is 0.896. The molecular formula is C16H21NO4. The van der Waals surface area contributed by atoms with Crippen molar-refractivity contribution in [2.24, 2.45) is 5.92 Å². The van der Waals surface area contributed by atoms with E-state index in [0.717, 1.165) is 12.8 Å². The van der Waals surface area contributed by atoms with E-state index in [0.29, 0.717) is 24.4 Å². The van der Waals surface area contributed by atoms with Gasteiger partial charge in [-0.2, -0.15) is 0 Å². The number of hydrogen-bond acceptors (Lipinski definition) is 3. The van der Waals surface area contributed by atoms with Crippen molar-refractivity contribution < 1.29 is 19.8 Å². The van der Waals surface area contributed by atoms with Gasteiger partial charge in [-0.15, -0.1) is 0 Å². The topological polar surface area (TPSA) is 77.8 Å². The molecule has 1 saturated heterocycles. The molecule has 2 atom stereocenters. The number of hydrogen-bond donors (Lipinski definition) is 2. The van der Waals surface area contributed by atoms with E-state index < -0.39 is 17.9 Å². The second kappa shape index (κ2) is 6.16. The molecule has 1 heterocycles. The summed E-state index contributed by atoms with van der Waals surface area (Å²) in [5.41, 5.74) is 0.785. The lowest BCUT2D eigenvalue weighted by Crippen LogP contribution is -2.50. The van der Waals surface area contributed by atoms with Gasteiger partial charge in [0.2, 0.25) is 0 Å². The zero-order valence-corrected chi connectivity index (χ0v) is 12.4. The fourth-order valence-electron chi connectivity index (χ4n) is 2.87. The van der Waals surface area contributed by atoms with Crippen molar-refractivity contribution >= 4 is 11.9 Å². The number of carbonyl (C=O) groups excluding carboxylic acids is 1. The van der Waals surface area contributed by atoms with Crippen LogP contribution in [0.15, 0.2) is 18.2 Å². The van der Waals surface area contributed by atoms with Crippen LogP contribution in [0, 0.1) is 12.8 Å². The van der Waals surface area contributed by atoms with E-state index in [1.165, 1.54) is 11.0 Å². The number of rotatable bonds is 3. The van der Waals surface area contributed by atoms with Crippen molar-refractivity contribution in [2.45, 2.75) is 39.2 Å². The number of likely N-dealkylation sites (tertiary alicyclic amines) is 1. The SMILES string of the molecule is CCC1CCN(C(=O)c2cccc(C)c2O)C(C(=O)O)C1. The molecule has 1 aromatic rings. The zero-order chi connectivity index (χ0) is 15.6. The number of phenols is 1. The molecule has 21 heavy (non-hydrogen) atoms. The van der Waals surface area contributed by atoms with Crippen LogP contribution in [0.4, 0.5) is 0 Å². The third-order valence-electron chi connectivity index (χ3n) is 4.30. The Morgan fingerprint density at radius 3 is 2.71 bits per heavy atom. The van der Waals surface area contributed by atoms with E-state index in [1.54, 1.807) is 19.1 Å². The normalized spacial score (nSPS) is 22.1. The molecule has 1 aliphatic heterocycles. The molecule has 1 amide bonds. The number of aromatic hydroxyl groups is 1. The zero-order valence-electron chi connectivity index (χ0n) is 12.4. The number of piperidine rings is 1. The number of carboxylic acids is 1. The van der Waals surface area contributed by atoms with Crippen molar-refractivity contribution in [1.29, 1.82) is 0 Å². The van der Waals surface area contributed by atoms with Crippen LogP contribution in [0.3, 0.4) is 0 Å². The summed E-state index contributed by atoms with van der Waals surface area (Å²) in [6.07, 6.45) is 2.20. The molecule has 1 aliphatic rings. The molecule has 5 nitrogen and oxygen atoms in total. The molecule has 0 aromatic heterocycles. The number of amides is 1. The third kappa shape index (κ3) is 3.01. The first-order valence-corrected chi connectivity index (χ1v) is 7.28. The Hall–Kier alpha value is -2.04. The molecule has 2 N–H and O–H groups in total. The Balaban J connectivity index is 2.28. The Bertz CT molecular complexity index is 555. The van der Waals surface area contributed by atoms with Gasteiger partial charge >= 0.3 is 5.97 Å². The van der Waals surface area contributed by atoms with E-state index in [1.807, 2.05) is 6.92 Å². The van der Waals surface area contributed by atoms with E-state index in [9.17, 15) is 19.8 Å². The molecule has 0 bridgehead atoms. The van der Waals surface area contributed by atoms with Crippen molar-refractivity contribution in [3.8, 4) is 5.75 Å². The Labute approximate surface area is 124 Å². The van der Waals surface area contributed by atoms with Crippen molar-refractivity contribution in [2.75, 3.05) is 6.54 Å². The summed E-state index contributed by atoms with van der Waals surface area (Å²) in [4.78, 5) is 25.4. The van der Waals surface area contributed by atoms with Gasteiger partial charge in [-0.25, -0.2) is 4.79 Å². The second-order valence-corrected chi connectivity index (χ2v) is 5.62. The third-order valence-corrected chi connectivity index (χ3v) is 4.30. The average molecular weight is 291 g/mol. The van der Waals surface area contributed by atoms with Crippen LogP contribution in [0.1, 0.15) is 42.1 Å². The summed E-state index contributed by atoms with van der Waals surface area (Å²) >= 11 is 0. The smallest absolute Gasteiger partial charge is 0.326 e. The molecule has 0 spiro atoms. The van der Waals surface area contributed by atoms with Crippen molar-refractivity contribution in [1.82, 2.24) is 4.90 Å². The predicted molar refractivity (Wildman–Crippen MR) is 78.3 cm³/mol. The number of carboxylic acid groups (broad SMARTS) is 1. The highest BCUT2D eigenvalue weighted by Crippen LogP contribution is 2.29. The molecule has 114 valence electrons. The van der Waals surface area contributed by atoms with E-state index >= 15 is 0 Å². The van der Waals surface area contributed by atoms with E-state index in [4.69, 9.17) is 0 Å². The first kappa shape index (κ1) is 15.4. The van der Waals surface area contributed by atoms with Crippen LogP contribution < -0.4 is 0 Å². The lowest BCUT2D eigenvalue weighted by Gasteiger charge is -2.37. The van der Waals surface area contributed by atoms with Gasteiger partial charge in [-0.05, 0) is 37.3 Å². The molecule has 2 unspecified atom stereocenters. The molecule has 1 fully saturated rings. The lowest BCUT2D eigenvalue weighted by molar-refractivity contribution is -0.144. The van der Waals surface area contributed by atoms with E-state index in [-0.39, 0.29) is 11.3 Å². The van der Waals surface area contributed by atoms with Crippen molar-refractivity contribution in [3.05, 3.63) is 29.3 Å². The molecule has 1 aromatic carbocycles. The fourth-order valence-corrected chi connectivity index (χ4v) is 2.87. The summed E-state index contributed by atoms with van der Waals surface area (Å²) in [6, 6.07) is 4.13. The highest BCUT2D eigenvalue weighted by Gasteiger charge is 2.36. The molecule has 0 aliphatic carbocycles. The molecule has 0 radical (unpaired) electrons. The van der Waals surface area contributed by atoms with E-state index in [2.05, 4.69) is 0 Å². The van der Waals surface area contributed by atoms with Gasteiger partial charge in [0.15, 0.2) is 0 Å². The first-order valence-electron chi connectivity index (χ1n) is 7.28. The summed E-state index contributed by atoms with van der Waals surface area (Å²) in [5.74, 6) is -1.11.